The van der Waals surface area contributed by atoms with E-state index in [9.17, 15) is 14.9 Å². The van der Waals surface area contributed by atoms with Crippen LogP contribution in [0.25, 0.3) is 0 Å². The fraction of sp³-hybridized carbons (Fsp3) is 0.125. The molecule has 0 spiro atoms. The van der Waals surface area contributed by atoms with E-state index >= 15 is 0 Å². The molecule has 0 N–H and O–H groups in total. The number of ether oxygens (including phenoxy) is 1. The van der Waals surface area contributed by atoms with Gasteiger partial charge < -0.3 is 4.74 Å². The molecule has 0 aliphatic heterocycles. The Bertz CT molecular complexity index is 778. The lowest BCUT2D eigenvalue weighted by molar-refractivity contribution is -0.385. The minimum atomic E-state index is -0.569. The van der Waals surface area contributed by atoms with Crippen LogP contribution in [0.3, 0.4) is 0 Å². The molecule has 6 nitrogen and oxygen atoms in total. The lowest BCUT2D eigenvalue weighted by Crippen LogP contribution is -2.06. The van der Waals surface area contributed by atoms with Crippen molar-refractivity contribution in [2.24, 2.45) is 0 Å². The van der Waals surface area contributed by atoms with Crippen LogP contribution in [0.2, 0.25) is 0 Å². The molecule has 0 amide bonds. The summed E-state index contributed by atoms with van der Waals surface area (Å²) in [5.74, 6) is -0.569. The standard InChI is InChI=1S/C16H12N2O4/c1-11-7-14(5-6-15(11)18(20)21)16(19)22-10-13-4-2-3-12(8-13)9-17/h2-8H,10H2,1H3. The molecule has 22 heavy (non-hydrogen) atoms. The fourth-order valence-electron chi connectivity index (χ4n) is 1.95. The van der Waals surface area contributed by atoms with Crippen molar-refractivity contribution < 1.29 is 14.5 Å². The number of hydrogen-bond donors (Lipinski definition) is 0. The molecule has 0 radical (unpaired) electrons. The van der Waals surface area contributed by atoms with E-state index in [1.54, 1.807) is 31.2 Å². The van der Waals surface area contributed by atoms with Crippen LogP contribution in [0.15, 0.2) is 42.5 Å². The third-order valence-electron chi connectivity index (χ3n) is 3.06. The van der Waals surface area contributed by atoms with Gasteiger partial charge >= 0.3 is 5.97 Å². The van der Waals surface area contributed by atoms with Crippen molar-refractivity contribution in [1.82, 2.24) is 0 Å². The van der Waals surface area contributed by atoms with E-state index in [2.05, 4.69) is 0 Å². The Morgan fingerprint density at radius 3 is 2.73 bits per heavy atom. The van der Waals surface area contributed by atoms with Crippen LogP contribution in [0.5, 0.6) is 0 Å². The van der Waals surface area contributed by atoms with Gasteiger partial charge in [-0.25, -0.2) is 4.79 Å². The van der Waals surface area contributed by atoms with Crippen LogP contribution in [0, 0.1) is 28.4 Å². The van der Waals surface area contributed by atoms with E-state index in [1.165, 1.54) is 18.2 Å². The zero-order chi connectivity index (χ0) is 16.1. The van der Waals surface area contributed by atoms with Crippen molar-refractivity contribution >= 4 is 11.7 Å². The summed E-state index contributed by atoms with van der Waals surface area (Å²) in [6.07, 6.45) is 0. The normalized spacial score (nSPS) is 9.82. The summed E-state index contributed by atoms with van der Waals surface area (Å²) in [7, 11) is 0. The highest BCUT2D eigenvalue weighted by atomic mass is 16.6. The van der Waals surface area contributed by atoms with Crippen molar-refractivity contribution in [3.8, 4) is 6.07 Å². The molecule has 0 unspecified atom stereocenters. The molecule has 0 saturated heterocycles. The lowest BCUT2D eigenvalue weighted by atomic mass is 10.1. The second-order valence-electron chi connectivity index (χ2n) is 4.65. The molecule has 2 rings (SSSR count). The Hall–Kier alpha value is -3.20. The molecule has 0 fully saturated rings. The van der Waals surface area contributed by atoms with Crippen molar-refractivity contribution in [2.75, 3.05) is 0 Å². The van der Waals surface area contributed by atoms with Crippen LogP contribution >= 0.6 is 0 Å². The van der Waals surface area contributed by atoms with Crippen LogP contribution < -0.4 is 0 Å². The Morgan fingerprint density at radius 1 is 1.32 bits per heavy atom. The molecule has 0 atom stereocenters. The number of hydrogen-bond acceptors (Lipinski definition) is 5. The lowest BCUT2D eigenvalue weighted by Gasteiger charge is -2.06. The number of benzene rings is 2. The summed E-state index contributed by atoms with van der Waals surface area (Å²) in [5, 5.41) is 19.5. The number of nitro benzene ring substituents is 1. The first-order valence-electron chi connectivity index (χ1n) is 6.42. The molecule has 0 aromatic heterocycles. The maximum atomic E-state index is 11.9. The molecule has 2 aromatic carbocycles. The molecule has 0 aliphatic carbocycles. The number of esters is 1. The Morgan fingerprint density at radius 2 is 2.09 bits per heavy atom. The number of rotatable bonds is 4. The topological polar surface area (TPSA) is 93.2 Å². The predicted octanol–water partition coefficient (Wildman–Crippen LogP) is 3.13. The average molecular weight is 296 g/mol. The number of carbonyl (C=O) groups is 1. The maximum absolute atomic E-state index is 11.9. The Kier molecular flexibility index (Phi) is 4.49. The highest BCUT2D eigenvalue weighted by molar-refractivity contribution is 5.90. The van der Waals surface area contributed by atoms with Gasteiger partial charge in [-0.05, 0) is 36.8 Å². The average Bonchev–Trinajstić information content (AvgIpc) is 2.52. The van der Waals surface area contributed by atoms with Gasteiger partial charge in [0.25, 0.3) is 5.69 Å². The van der Waals surface area contributed by atoms with Crippen molar-refractivity contribution in [1.29, 1.82) is 5.26 Å². The molecule has 2 aromatic rings. The minimum absolute atomic E-state index is 0.0321. The highest BCUT2D eigenvalue weighted by Crippen LogP contribution is 2.19. The van der Waals surface area contributed by atoms with E-state index in [1.807, 2.05) is 6.07 Å². The predicted molar refractivity (Wildman–Crippen MR) is 78.1 cm³/mol. The minimum Gasteiger partial charge on any atom is -0.457 e. The van der Waals surface area contributed by atoms with Gasteiger partial charge in [-0.1, -0.05) is 12.1 Å². The van der Waals surface area contributed by atoms with Gasteiger partial charge in [0.2, 0.25) is 0 Å². The first kappa shape index (κ1) is 15.2. The molecule has 0 aliphatic rings. The monoisotopic (exact) mass is 296 g/mol. The van der Waals surface area contributed by atoms with E-state index in [4.69, 9.17) is 10.00 Å². The Balaban J connectivity index is 2.08. The van der Waals surface area contributed by atoms with Crippen molar-refractivity contribution in [3.05, 3.63) is 74.8 Å². The zero-order valence-electron chi connectivity index (χ0n) is 11.8. The van der Waals surface area contributed by atoms with Crippen molar-refractivity contribution in [2.45, 2.75) is 13.5 Å². The summed E-state index contributed by atoms with van der Waals surface area (Å²) in [4.78, 5) is 22.2. The van der Waals surface area contributed by atoms with E-state index in [0.717, 1.165) is 0 Å². The summed E-state index contributed by atoms with van der Waals surface area (Å²) in [5.41, 5.74) is 1.79. The van der Waals surface area contributed by atoms with E-state index in [0.29, 0.717) is 16.7 Å². The van der Waals surface area contributed by atoms with Gasteiger partial charge in [-0.2, -0.15) is 5.26 Å². The van der Waals surface area contributed by atoms with E-state index < -0.39 is 10.9 Å². The third-order valence-corrected chi connectivity index (χ3v) is 3.06. The number of nitriles is 1. The maximum Gasteiger partial charge on any atom is 0.338 e. The molecule has 0 bridgehead atoms. The van der Waals surface area contributed by atoms with Crippen LogP contribution in [-0.4, -0.2) is 10.9 Å². The van der Waals surface area contributed by atoms with Gasteiger partial charge in [0.1, 0.15) is 6.61 Å². The zero-order valence-corrected chi connectivity index (χ0v) is 11.8. The number of nitro groups is 1. The second-order valence-corrected chi connectivity index (χ2v) is 4.65. The van der Waals surface area contributed by atoms with Crippen LogP contribution in [-0.2, 0) is 11.3 Å². The smallest absolute Gasteiger partial charge is 0.338 e. The number of nitrogens with zero attached hydrogens (tertiary/aromatic N) is 2. The molecular formula is C16H12N2O4. The summed E-state index contributed by atoms with van der Waals surface area (Å²) >= 11 is 0. The van der Waals surface area contributed by atoms with Crippen LogP contribution in [0.1, 0.15) is 27.0 Å². The first-order valence-corrected chi connectivity index (χ1v) is 6.42. The molecule has 6 heteroatoms. The van der Waals surface area contributed by atoms with Gasteiger partial charge in [-0.15, -0.1) is 0 Å². The summed E-state index contributed by atoms with van der Waals surface area (Å²) in [6, 6.07) is 12.8. The Labute approximate surface area is 126 Å². The molecule has 110 valence electrons. The van der Waals surface area contributed by atoms with E-state index in [-0.39, 0.29) is 17.9 Å². The highest BCUT2D eigenvalue weighted by Gasteiger charge is 2.14. The van der Waals surface area contributed by atoms with Gasteiger partial charge in [0.05, 0.1) is 22.1 Å². The second kappa shape index (κ2) is 6.50. The molecule has 0 heterocycles. The number of aryl methyl sites for hydroxylation is 1. The SMILES string of the molecule is Cc1cc(C(=O)OCc2cccc(C#N)c2)ccc1[N+](=O)[O-]. The molecular weight excluding hydrogens is 284 g/mol. The quantitative estimate of drug-likeness (QED) is 0.491. The van der Waals surface area contributed by atoms with Crippen LogP contribution in [0.4, 0.5) is 5.69 Å². The van der Waals surface area contributed by atoms with Gasteiger partial charge in [0, 0.05) is 11.6 Å². The number of carbonyl (C=O) groups excluding carboxylic acids is 1. The summed E-state index contributed by atoms with van der Waals surface area (Å²) < 4.78 is 5.15. The van der Waals surface area contributed by atoms with Crippen molar-refractivity contribution in [3.63, 3.8) is 0 Å². The summed E-state index contributed by atoms with van der Waals surface area (Å²) in [6.45, 7) is 1.59. The fourth-order valence-corrected chi connectivity index (χ4v) is 1.95. The van der Waals surface area contributed by atoms with Gasteiger partial charge in [-0.3, -0.25) is 10.1 Å². The van der Waals surface area contributed by atoms with Gasteiger partial charge in [0.15, 0.2) is 0 Å². The third kappa shape index (κ3) is 3.46. The first-order chi connectivity index (χ1) is 10.5. The molecule has 0 saturated carbocycles. The largest absolute Gasteiger partial charge is 0.457 e.